The van der Waals surface area contributed by atoms with Gasteiger partial charge in [0, 0.05) is 31.3 Å². The second-order valence-electron chi connectivity index (χ2n) is 6.09. The lowest BCUT2D eigenvalue weighted by Gasteiger charge is -2.18. The summed E-state index contributed by atoms with van der Waals surface area (Å²) >= 11 is 0. The van der Waals surface area contributed by atoms with Crippen LogP contribution in [0.1, 0.15) is 27.2 Å². The van der Waals surface area contributed by atoms with Gasteiger partial charge in [-0.3, -0.25) is 4.79 Å². The SMILES string of the molecule is CC(C)(C)OC=O.OCC1CCN(c2ccc(F)cc2)C1. The average molecular weight is 297 g/mol. The van der Waals surface area contributed by atoms with Gasteiger partial charge in [0.15, 0.2) is 0 Å². The molecule has 0 aromatic heterocycles. The summed E-state index contributed by atoms with van der Waals surface area (Å²) in [4.78, 5) is 11.8. The largest absolute Gasteiger partial charge is 0.462 e. The van der Waals surface area contributed by atoms with Gasteiger partial charge in [-0.1, -0.05) is 0 Å². The van der Waals surface area contributed by atoms with Crippen molar-refractivity contribution in [2.24, 2.45) is 5.92 Å². The number of anilines is 1. The molecule has 1 fully saturated rings. The zero-order valence-electron chi connectivity index (χ0n) is 12.9. The maximum atomic E-state index is 12.7. The second-order valence-corrected chi connectivity index (χ2v) is 6.09. The van der Waals surface area contributed by atoms with Crippen molar-refractivity contribution in [2.45, 2.75) is 32.8 Å². The minimum atomic E-state index is -0.318. The number of carbonyl (C=O) groups is 1. The third kappa shape index (κ3) is 6.58. The van der Waals surface area contributed by atoms with Crippen molar-refractivity contribution in [1.29, 1.82) is 0 Å². The summed E-state index contributed by atoms with van der Waals surface area (Å²) in [5, 5.41) is 8.99. The Morgan fingerprint density at radius 1 is 1.38 bits per heavy atom. The quantitative estimate of drug-likeness (QED) is 0.871. The van der Waals surface area contributed by atoms with Crippen LogP contribution in [0.2, 0.25) is 0 Å². The molecule has 1 unspecified atom stereocenters. The zero-order valence-corrected chi connectivity index (χ0v) is 12.9. The molecule has 2 rings (SSSR count). The summed E-state index contributed by atoms with van der Waals surface area (Å²) < 4.78 is 17.2. The third-order valence-electron chi connectivity index (χ3n) is 3.14. The van der Waals surface area contributed by atoms with Crippen molar-refractivity contribution in [1.82, 2.24) is 0 Å². The van der Waals surface area contributed by atoms with Gasteiger partial charge in [-0.15, -0.1) is 0 Å². The summed E-state index contributed by atoms with van der Waals surface area (Å²) in [6, 6.07) is 6.52. The molecule has 1 heterocycles. The topological polar surface area (TPSA) is 49.8 Å². The molecule has 21 heavy (non-hydrogen) atoms. The molecule has 0 saturated carbocycles. The first kappa shape index (κ1) is 17.4. The van der Waals surface area contributed by atoms with E-state index in [0.29, 0.717) is 12.4 Å². The van der Waals surface area contributed by atoms with E-state index >= 15 is 0 Å². The van der Waals surface area contributed by atoms with Crippen molar-refractivity contribution in [3.8, 4) is 0 Å². The number of hydrogen-bond acceptors (Lipinski definition) is 4. The molecule has 0 aliphatic carbocycles. The third-order valence-corrected chi connectivity index (χ3v) is 3.14. The monoisotopic (exact) mass is 297 g/mol. The molecule has 0 amide bonds. The Bertz CT molecular complexity index is 428. The molecule has 0 bridgehead atoms. The van der Waals surface area contributed by atoms with E-state index in [9.17, 15) is 9.18 Å². The van der Waals surface area contributed by atoms with Crippen LogP contribution in [-0.2, 0) is 9.53 Å². The molecule has 1 N–H and O–H groups in total. The van der Waals surface area contributed by atoms with E-state index in [1.807, 2.05) is 20.8 Å². The van der Waals surface area contributed by atoms with E-state index in [2.05, 4.69) is 9.64 Å². The molecule has 0 spiro atoms. The fourth-order valence-corrected chi connectivity index (χ4v) is 2.01. The second kappa shape index (κ2) is 7.98. The molecule has 5 heteroatoms. The van der Waals surface area contributed by atoms with Gasteiger partial charge < -0.3 is 14.7 Å². The van der Waals surface area contributed by atoms with Crippen LogP contribution in [0.3, 0.4) is 0 Å². The zero-order chi connectivity index (χ0) is 15.9. The molecular formula is C16H24FNO3. The minimum absolute atomic E-state index is 0.202. The average Bonchev–Trinajstić information content (AvgIpc) is 2.88. The van der Waals surface area contributed by atoms with Gasteiger partial charge >= 0.3 is 0 Å². The molecular weight excluding hydrogens is 273 g/mol. The Morgan fingerprint density at radius 2 is 2.00 bits per heavy atom. The van der Waals surface area contributed by atoms with E-state index in [4.69, 9.17) is 5.11 Å². The molecule has 0 radical (unpaired) electrons. The lowest BCUT2D eigenvalue weighted by Crippen LogP contribution is -2.20. The summed E-state index contributed by atoms with van der Waals surface area (Å²) in [5.41, 5.74) is 0.726. The van der Waals surface area contributed by atoms with E-state index < -0.39 is 0 Å². The number of halogens is 1. The lowest BCUT2D eigenvalue weighted by molar-refractivity contribution is -0.138. The Hall–Kier alpha value is -1.62. The molecule has 4 nitrogen and oxygen atoms in total. The van der Waals surface area contributed by atoms with Crippen LogP contribution in [-0.4, -0.2) is 36.9 Å². The number of rotatable bonds is 3. The van der Waals surface area contributed by atoms with Gasteiger partial charge in [0.2, 0.25) is 0 Å². The Balaban J connectivity index is 0.000000270. The van der Waals surface area contributed by atoms with Gasteiger partial charge in [-0.2, -0.15) is 0 Å². The van der Waals surface area contributed by atoms with E-state index in [1.165, 1.54) is 12.1 Å². The Labute approximate surface area is 125 Å². The maximum absolute atomic E-state index is 12.7. The highest BCUT2D eigenvalue weighted by molar-refractivity contribution is 5.47. The number of aliphatic hydroxyl groups excluding tert-OH is 1. The van der Waals surface area contributed by atoms with Gasteiger partial charge in [-0.05, 0) is 51.5 Å². The predicted octanol–water partition coefficient (Wildman–Crippen LogP) is 2.60. The summed E-state index contributed by atoms with van der Waals surface area (Å²) in [6.07, 6.45) is 1.02. The van der Waals surface area contributed by atoms with Crippen LogP contribution in [0.5, 0.6) is 0 Å². The summed E-state index contributed by atoms with van der Waals surface area (Å²) in [7, 11) is 0. The van der Waals surface area contributed by atoms with Crippen molar-refractivity contribution in [2.75, 3.05) is 24.6 Å². The predicted molar refractivity (Wildman–Crippen MR) is 80.7 cm³/mol. The fraction of sp³-hybridized carbons (Fsp3) is 0.562. The molecule has 1 aromatic rings. The van der Waals surface area contributed by atoms with Gasteiger partial charge in [0.05, 0.1) is 0 Å². The van der Waals surface area contributed by atoms with E-state index in [0.717, 1.165) is 25.2 Å². The fourth-order valence-electron chi connectivity index (χ4n) is 2.01. The molecule has 1 aliphatic rings. The van der Waals surface area contributed by atoms with Gasteiger partial charge in [0.1, 0.15) is 11.4 Å². The van der Waals surface area contributed by atoms with Crippen LogP contribution >= 0.6 is 0 Å². The lowest BCUT2D eigenvalue weighted by atomic mass is 10.1. The normalized spacial score (nSPS) is 18.0. The molecule has 1 aromatic carbocycles. The van der Waals surface area contributed by atoms with Crippen LogP contribution in [0, 0.1) is 11.7 Å². The maximum Gasteiger partial charge on any atom is 0.293 e. The Morgan fingerprint density at radius 3 is 2.38 bits per heavy atom. The molecule has 118 valence electrons. The standard InChI is InChI=1S/C11H14FNO.C5H10O2/c12-10-1-3-11(4-2-10)13-6-5-9(7-13)8-14;1-5(2,3)7-4-6/h1-4,9,14H,5-8H2;4H,1-3H3. The molecule has 1 atom stereocenters. The molecule has 1 saturated heterocycles. The highest BCUT2D eigenvalue weighted by Crippen LogP contribution is 2.23. The number of aliphatic hydroxyl groups is 1. The summed E-state index contributed by atoms with van der Waals surface area (Å²) in [6.45, 7) is 8.00. The smallest absolute Gasteiger partial charge is 0.293 e. The van der Waals surface area contributed by atoms with Gasteiger partial charge in [0.25, 0.3) is 6.47 Å². The van der Waals surface area contributed by atoms with Crippen LogP contribution in [0.15, 0.2) is 24.3 Å². The summed E-state index contributed by atoms with van der Waals surface area (Å²) in [5.74, 6) is 0.173. The van der Waals surface area contributed by atoms with Crippen LogP contribution in [0.4, 0.5) is 10.1 Å². The van der Waals surface area contributed by atoms with Crippen LogP contribution < -0.4 is 4.90 Å². The number of hydrogen-bond donors (Lipinski definition) is 1. The first-order valence-electron chi connectivity index (χ1n) is 7.08. The number of benzene rings is 1. The van der Waals surface area contributed by atoms with Crippen molar-refractivity contribution in [3.05, 3.63) is 30.1 Å². The van der Waals surface area contributed by atoms with Crippen LogP contribution in [0.25, 0.3) is 0 Å². The number of ether oxygens (including phenoxy) is 1. The van der Waals surface area contributed by atoms with Crippen molar-refractivity contribution < 1.29 is 19.0 Å². The van der Waals surface area contributed by atoms with E-state index in [-0.39, 0.29) is 18.0 Å². The highest BCUT2D eigenvalue weighted by Gasteiger charge is 2.21. The first-order chi connectivity index (χ1) is 9.85. The highest BCUT2D eigenvalue weighted by atomic mass is 19.1. The first-order valence-corrected chi connectivity index (χ1v) is 7.08. The molecule has 1 aliphatic heterocycles. The Kier molecular flexibility index (Phi) is 6.62. The number of nitrogens with zero attached hydrogens (tertiary/aromatic N) is 1. The van der Waals surface area contributed by atoms with Crippen molar-refractivity contribution in [3.63, 3.8) is 0 Å². The minimum Gasteiger partial charge on any atom is -0.462 e. The van der Waals surface area contributed by atoms with Gasteiger partial charge in [-0.25, -0.2) is 4.39 Å². The van der Waals surface area contributed by atoms with E-state index in [1.54, 1.807) is 12.1 Å². The number of carbonyl (C=O) groups excluding carboxylic acids is 1. The van der Waals surface area contributed by atoms with Crippen molar-refractivity contribution >= 4 is 12.2 Å².